The Morgan fingerprint density at radius 1 is 1.24 bits per heavy atom. The number of pyridine rings is 1. The molecular formula is C16H13N3OS. The fourth-order valence-electron chi connectivity index (χ4n) is 2.41. The first-order chi connectivity index (χ1) is 10.3. The van der Waals surface area contributed by atoms with Crippen LogP contribution in [0.3, 0.4) is 0 Å². The van der Waals surface area contributed by atoms with E-state index in [0.29, 0.717) is 11.6 Å². The molecule has 1 fully saturated rings. The van der Waals surface area contributed by atoms with Gasteiger partial charge in [-0.3, -0.25) is 9.78 Å². The third-order valence-corrected chi connectivity index (χ3v) is 4.65. The average Bonchev–Trinajstić information content (AvgIpc) is 3.24. The fourth-order valence-corrected chi connectivity index (χ4v) is 3.37. The molecule has 3 aromatic rings. The minimum absolute atomic E-state index is 0.119. The standard InChI is InChI=1S/C16H13N3OS/c20-16(14-15(10-1-2-10)21-9-18-14)19-13-4-3-12-8-17-6-5-11(12)7-13/h3-10H,1-2H2,(H,19,20). The summed E-state index contributed by atoms with van der Waals surface area (Å²) in [5.41, 5.74) is 3.13. The van der Waals surface area contributed by atoms with Gasteiger partial charge in [-0.15, -0.1) is 11.3 Å². The summed E-state index contributed by atoms with van der Waals surface area (Å²) in [5, 5.41) is 5.06. The van der Waals surface area contributed by atoms with E-state index in [1.807, 2.05) is 30.5 Å². The summed E-state index contributed by atoms with van der Waals surface area (Å²) in [7, 11) is 0. The van der Waals surface area contributed by atoms with Crippen LogP contribution in [0.15, 0.2) is 42.2 Å². The number of hydrogen-bond acceptors (Lipinski definition) is 4. The molecule has 0 unspecified atom stereocenters. The number of carbonyl (C=O) groups is 1. The number of thiazole rings is 1. The van der Waals surface area contributed by atoms with Crippen molar-refractivity contribution in [3.63, 3.8) is 0 Å². The van der Waals surface area contributed by atoms with Crippen molar-refractivity contribution in [3.8, 4) is 0 Å². The van der Waals surface area contributed by atoms with Gasteiger partial charge in [0.15, 0.2) is 0 Å². The molecule has 1 N–H and O–H groups in total. The van der Waals surface area contributed by atoms with Crippen molar-refractivity contribution < 1.29 is 4.79 Å². The minimum atomic E-state index is -0.119. The molecule has 1 aromatic carbocycles. The average molecular weight is 295 g/mol. The molecule has 0 atom stereocenters. The van der Waals surface area contributed by atoms with E-state index in [1.165, 1.54) is 12.8 Å². The minimum Gasteiger partial charge on any atom is -0.321 e. The molecule has 4 nitrogen and oxygen atoms in total. The third-order valence-electron chi connectivity index (χ3n) is 3.66. The van der Waals surface area contributed by atoms with Gasteiger partial charge in [-0.1, -0.05) is 6.07 Å². The first-order valence-corrected chi connectivity index (χ1v) is 7.78. The summed E-state index contributed by atoms with van der Waals surface area (Å²) in [6.45, 7) is 0. The highest BCUT2D eigenvalue weighted by Crippen LogP contribution is 2.43. The Balaban J connectivity index is 1.61. The molecule has 0 bridgehead atoms. The number of nitrogens with zero attached hydrogens (tertiary/aromatic N) is 2. The number of nitrogens with one attached hydrogen (secondary N) is 1. The van der Waals surface area contributed by atoms with Crippen LogP contribution in [-0.2, 0) is 0 Å². The van der Waals surface area contributed by atoms with E-state index in [0.717, 1.165) is 21.3 Å². The molecule has 21 heavy (non-hydrogen) atoms. The Hall–Kier alpha value is -2.27. The molecule has 0 radical (unpaired) electrons. The molecule has 1 aliphatic rings. The van der Waals surface area contributed by atoms with Crippen LogP contribution < -0.4 is 5.32 Å². The third kappa shape index (κ3) is 2.40. The van der Waals surface area contributed by atoms with Crippen molar-refractivity contribution in [1.82, 2.24) is 9.97 Å². The molecule has 104 valence electrons. The van der Waals surface area contributed by atoms with Gasteiger partial charge in [-0.25, -0.2) is 4.98 Å². The normalized spacial score (nSPS) is 14.3. The van der Waals surface area contributed by atoms with Gasteiger partial charge < -0.3 is 5.32 Å². The van der Waals surface area contributed by atoms with Crippen LogP contribution >= 0.6 is 11.3 Å². The Morgan fingerprint density at radius 2 is 2.14 bits per heavy atom. The van der Waals surface area contributed by atoms with Crippen LogP contribution in [0.4, 0.5) is 5.69 Å². The number of benzene rings is 1. The maximum absolute atomic E-state index is 12.4. The van der Waals surface area contributed by atoms with Gasteiger partial charge in [-0.05, 0) is 42.3 Å². The second kappa shape index (κ2) is 4.93. The number of amides is 1. The molecule has 2 aromatic heterocycles. The van der Waals surface area contributed by atoms with Gasteiger partial charge in [0.2, 0.25) is 0 Å². The van der Waals surface area contributed by atoms with Crippen LogP contribution in [0.2, 0.25) is 0 Å². The van der Waals surface area contributed by atoms with Crippen LogP contribution in [0.5, 0.6) is 0 Å². The van der Waals surface area contributed by atoms with Gasteiger partial charge in [0, 0.05) is 28.3 Å². The Bertz CT molecular complexity index is 823. The molecule has 2 heterocycles. The predicted molar refractivity (Wildman–Crippen MR) is 83.8 cm³/mol. The molecule has 1 amide bonds. The zero-order chi connectivity index (χ0) is 14.2. The lowest BCUT2D eigenvalue weighted by Crippen LogP contribution is -2.13. The molecule has 1 aliphatic carbocycles. The number of aromatic nitrogens is 2. The summed E-state index contributed by atoms with van der Waals surface area (Å²) in [4.78, 5) is 21.8. The number of fused-ring (bicyclic) bond motifs is 1. The van der Waals surface area contributed by atoms with Crippen molar-refractivity contribution in [3.05, 3.63) is 52.7 Å². The van der Waals surface area contributed by atoms with E-state index < -0.39 is 0 Å². The zero-order valence-corrected chi connectivity index (χ0v) is 12.1. The van der Waals surface area contributed by atoms with Crippen LogP contribution in [0.25, 0.3) is 10.8 Å². The Kier molecular flexibility index (Phi) is 2.93. The lowest BCUT2D eigenvalue weighted by atomic mass is 10.1. The first kappa shape index (κ1) is 12.5. The number of carbonyl (C=O) groups excluding carboxylic acids is 1. The van der Waals surface area contributed by atoms with Gasteiger partial charge >= 0.3 is 0 Å². The molecule has 5 heteroatoms. The van der Waals surface area contributed by atoms with E-state index in [-0.39, 0.29) is 5.91 Å². The highest BCUT2D eigenvalue weighted by Gasteiger charge is 2.30. The van der Waals surface area contributed by atoms with Crippen molar-refractivity contribution in [2.75, 3.05) is 5.32 Å². The van der Waals surface area contributed by atoms with Crippen molar-refractivity contribution >= 4 is 33.7 Å². The summed E-state index contributed by atoms with van der Waals surface area (Å²) in [6.07, 6.45) is 5.91. The van der Waals surface area contributed by atoms with Crippen molar-refractivity contribution in [2.45, 2.75) is 18.8 Å². The molecule has 0 aliphatic heterocycles. The van der Waals surface area contributed by atoms with E-state index in [2.05, 4.69) is 15.3 Å². The van der Waals surface area contributed by atoms with Crippen molar-refractivity contribution in [2.24, 2.45) is 0 Å². The Labute approximate surface area is 125 Å². The van der Waals surface area contributed by atoms with E-state index in [1.54, 1.807) is 23.0 Å². The maximum atomic E-state index is 12.4. The van der Waals surface area contributed by atoms with Gasteiger partial charge in [0.05, 0.1) is 5.51 Å². The predicted octanol–water partition coefficient (Wildman–Crippen LogP) is 3.82. The van der Waals surface area contributed by atoms with Crippen LogP contribution in [-0.4, -0.2) is 15.9 Å². The number of rotatable bonds is 3. The van der Waals surface area contributed by atoms with E-state index >= 15 is 0 Å². The van der Waals surface area contributed by atoms with Crippen LogP contribution in [0, 0.1) is 0 Å². The van der Waals surface area contributed by atoms with E-state index in [4.69, 9.17) is 0 Å². The molecule has 1 saturated carbocycles. The molecule has 0 spiro atoms. The summed E-state index contributed by atoms with van der Waals surface area (Å²) >= 11 is 1.58. The van der Waals surface area contributed by atoms with E-state index in [9.17, 15) is 4.79 Å². The highest BCUT2D eigenvalue weighted by molar-refractivity contribution is 7.10. The smallest absolute Gasteiger partial charge is 0.275 e. The van der Waals surface area contributed by atoms with Gasteiger partial charge in [-0.2, -0.15) is 0 Å². The number of anilines is 1. The molecule has 4 rings (SSSR count). The quantitative estimate of drug-likeness (QED) is 0.799. The summed E-state index contributed by atoms with van der Waals surface area (Å²) in [6, 6.07) is 7.74. The second-order valence-corrected chi connectivity index (χ2v) is 6.12. The fraction of sp³-hybridized carbons (Fsp3) is 0.188. The van der Waals surface area contributed by atoms with Gasteiger partial charge in [0.1, 0.15) is 5.69 Å². The maximum Gasteiger partial charge on any atom is 0.275 e. The lowest BCUT2D eigenvalue weighted by molar-refractivity contribution is 0.102. The van der Waals surface area contributed by atoms with Gasteiger partial charge in [0.25, 0.3) is 5.91 Å². The SMILES string of the molecule is O=C(Nc1ccc2cnccc2c1)c1ncsc1C1CC1. The number of hydrogen-bond donors (Lipinski definition) is 1. The summed E-state index contributed by atoms with van der Waals surface area (Å²) < 4.78 is 0. The van der Waals surface area contributed by atoms with Crippen LogP contribution in [0.1, 0.15) is 34.1 Å². The first-order valence-electron chi connectivity index (χ1n) is 6.90. The topological polar surface area (TPSA) is 54.9 Å². The second-order valence-electron chi connectivity index (χ2n) is 5.23. The highest BCUT2D eigenvalue weighted by atomic mass is 32.1. The largest absolute Gasteiger partial charge is 0.321 e. The lowest BCUT2D eigenvalue weighted by Gasteiger charge is -2.06. The van der Waals surface area contributed by atoms with Crippen molar-refractivity contribution in [1.29, 1.82) is 0 Å². The molecular weight excluding hydrogens is 282 g/mol. The zero-order valence-electron chi connectivity index (χ0n) is 11.2. The molecule has 0 saturated heterocycles. The Morgan fingerprint density at radius 3 is 3.00 bits per heavy atom. The summed E-state index contributed by atoms with van der Waals surface area (Å²) in [5.74, 6) is 0.424. The monoisotopic (exact) mass is 295 g/mol.